The van der Waals surface area contributed by atoms with E-state index in [9.17, 15) is 15.2 Å². The predicted molar refractivity (Wildman–Crippen MR) is 126 cm³/mol. The summed E-state index contributed by atoms with van der Waals surface area (Å²) >= 11 is 9.13. The molecular weight excluding hydrogens is 448 g/mol. The lowest BCUT2D eigenvalue weighted by atomic mass is 9.97. The molecule has 7 heteroatoms. The van der Waals surface area contributed by atoms with Crippen LogP contribution >= 0.6 is 34.7 Å². The van der Waals surface area contributed by atoms with E-state index in [1.807, 2.05) is 47.8 Å². The maximum Gasteiger partial charge on any atom is 0.335 e. The first-order valence-corrected chi connectivity index (χ1v) is 11.5. The summed E-state index contributed by atoms with van der Waals surface area (Å²) in [5.41, 5.74) is 3.69. The predicted octanol–water partition coefficient (Wildman–Crippen LogP) is 6.99. The van der Waals surface area contributed by atoms with Crippen LogP contribution in [0.25, 0.3) is 21.7 Å². The maximum absolute atomic E-state index is 11.2. The number of thiophene rings is 1. The van der Waals surface area contributed by atoms with Gasteiger partial charge >= 0.3 is 5.97 Å². The quantitative estimate of drug-likeness (QED) is 0.312. The van der Waals surface area contributed by atoms with Crippen molar-refractivity contribution in [3.63, 3.8) is 0 Å². The van der Waals surface area contributed by atoms with Crippen molar-refractivity contribution in [1.82, 2.24) is 4.98 Å². The third-order valence-electron chi connectivity index (χ3n) is 4.61. The van der Waals surface area contributed by atoms with Crippen molar-refractivity contribution < 1.29 is 9.90 Å². The van der Waals surface area contributed by atoms with Gasteiger partial charge in [-0.15, -0.1) is 23.1 Å². The van der Waals surface area contributed by atoms with Crippen molar-refractivity contribution in [1.29, 1.82) is 5.26 Å². The number of rotatable bonds is 6. The molecule has 2 heterocycles. The van der Waals surface area contributed by atoms with Crippen LogP contribution in [0.5, 0.6) is 0 Å². The van der Waals surface area contributed by atoms with Gasteiger partial charge in [-0.3, -0.25) is 0 Å². The highest BCUT2D eigenvalue weighted by Gasteiger charge is 2.16. The molecule has 0 amide bonds. The molecule has 0 bridgehead atoms. The second-order valence-electron chi connectivity index (χ2n) is 6.59. The van der Waals surface area contributed by atoms with Crippen LogP contribution < -0.4 is 0 Å². The largest absolute Gasteiger partial charge is 0.478 e. The number of aromatic carboxylic acids is 1. The summed E-state index contributed by atoms with van der Waals surface area (Å²) < 4.78 is 0. The molecule has 1 N–H and O–H groups in total. The first kappa shape index (κ1) is 21.1. The van der Waals surface area contributed by atoms with Crippen molar-refractivity contribution in [2.75, 3.05) is 0 Å². The van der Waals surface area contributed by atoms with Gasteiger partial charge in [-0.05, 0) is 59.5 Å². The lowest BCUT2D eigenvalue weighted by Gasteiger charge is -2.12. The van der Waals surface area contributed by atoms with Crippen molar-refractivity contribution in [2.24, 2.45) is 0 Å². The van der Waals surface area contributed by atoms with E-state index in [4.69, 9.17) is 16.6 Å². The Morgan fingerprint density at radius 1 is 1.13 bits per heavy atom. The van der Waals surface area contributed by atoms with Gasteiger partial charge in [0.2, 0.25) is 0 Å². The normalized spacial score (nSPS) is 10.6. The molecular formula is C24H15ClN2O2S2. The number of nitrogens with zero attached hydrogens (tertiary/aromatic N) is 2. The van der Waals surface area contributed by atoms with E-state index in [1.54, 1.807) is 47.4 Å². The number of hydrogen-bond acceptors (Lipinski definition) is 5. The van der Waals surface area contributed by atoms with Crippen LogP contribution in [0, 0.1) is 11.3 Å². The van der Waals surface area contributed by atoms with E-state index >= 15 is 0 Å². The number of thioether (sulfide) groups is 1. The van der Waals surface area contributed by atoms with Gasteiger partial charge in [-0.1, -0.05) is 29.8 Å². The summed E-state index contributed by atoms with van der Waals surface area (Å²) in [6.07, 6.45) is 0. The van der Waals surface area contributed by atoms with E-state index in [0.29, 0.717) is 22.0 Å². The Morgan fingerprint density at radius 3 is 2.48 bits per heavy atom. The molecule has 0 radical (unpaired) electrons. The minimum atomic E-state index is -0.985. The first-order valence-electron chi connectivity index (χ1n) is 9.25. The van der Waals surface area contributed by atoms with Gasteiger partial charge in [0.15, 0.2) is 0 Å². The van der Waals surface area contributed by atoms with Crippen LogP contribution in [0.3, 0.4) is 0 Å². The standard InChI is InChI=1S/C24H15ClN2O2S2/c25-17-7-9-18(10-8-17)31-14-22-20(13-26)19(12-21(27-22)23-2-1-11-30-23)15-3-5-16(6-4-15)24(28)29/h1-12H,14H2,(H,28,29). The van der Waals surface area contributed by atoms with Crippen molar-refractivity contribution in [2.45, 2.75) is 10.6 Å². The molecule has 0 aliphatic carbocycles. The molecule has 4 aromatic rings. The summed E-state index contributed by atoms with van der Waals surface area (Å²) in [5.74, 6) is -0.467. The van der Waals surface area contributed by atoms with Gasteiger partial charge < -0.3 is 5.11 Å². The summed E-state index contributed by atoms with van der Waals surface area (Å²) in [5, 5.41) is 21.8. The molecule has 0 spiro atoms. The van der Waals surface area contributed by atoms with Crippen LogP contribution in [0.4, 0.5) is 0 Å². The minimum absolute atomic E-state index is 0.202. The number of carbonyl (C=O) groups is 1. The van der Waals surface area contributed by atoms with Crippen molar-refractivity contribution in [3.8, 4) is 27.8 Å². The van der Waals surface area contributed by atoms with Crippen LogP contribution in [0.2, 0.25) is 5.02 Å². The summed E-state index contributed by atoms with van der Waals surface area (Å²) in [4.78, 5) is 18.0. The lowest BCUT2D eigenvalue weighted by molar-refractivity contribution is 0.0697. The number of carboxylic acid groups (broad SMARTS) is 1. The molecule has 0 aliphatic rings. The molecule has 2 aromatic carbocycles. The van der Waals surface area contributed by atoms with Crippen LogP contribution in [-0.4, -0.2) is 16.1 Å². The topological polar surface area (TPSA) is 74.0 Å². The number of hydrogen-bond donors (Lipinski definition) is 1. The van der Waals surface area contributed by atoms with Gasteiger partial charge in [0.25, 0.3) is 0 Å². The Kier molecular flexibility index (Phi) is 6.38. The second-order valence-corrected chi connectivity index (χ2v) is 9.02. The molecule has 0 unspecified atom stereocenters. The highest BCUT2D eigenvalue weighted by Crippen LogP contribution is 2.34. The fourth-order valence-electron chi connectivity index (χ4n) is 3.08. The molecule has 0 atom stereocenters. The number of pyridine rings is 1. The monoisotopic (exact) mass is 462 g/mol. The first-order chi connectivity index (χ1) is 15.0. The van der Waals surface area contributed by atoms with Gasteiger partial charge in [0.1, 0.15) is 6.07 Å². The molecule has 0 aliphatic heterocycles. The highest BCUT2D eigenvalue weighted by atomic mass is 35.5. The average molecular weight is 463 g/mol. The second kappa shape index (κ2) is 9.36. The summed E-state index contributed by atoms with van der Waals surface area (Å²) in [7, 11) is 0. The molecule has 152 valence electrons. The third kappa shape index (κ3) is 4.80. The van der Waals surface area contributed by atoms with Gasteiger partial charge in [0, 0.05) is 21.2 Å². The lowest BCUT2D eigenvalue weighted by Crippen LogP contribution is -2.00. The smallest absolute Gasteiger partial charge is 0.335 e. The Labute approximate surface area is 192 Å². The molecule has 0 fully saturated rings. The van der Waals surface area contributed by atoms with Gasteiger partial charge in [-0.25, -0.2) is 9.78 Å². The number of halogens is 1. The maximum atomic E-state index is 11.2. The number of benzene rings is 2. The molecule has 31 heavy (non-hydrogen) atoms. The van der Waals surface area contributed by atoms with E-state index in [0.717, 1.165) is 26.6 Å². The molecule has 0 saturated carbocycles. The van der Waals surface area contributed by atoms with Crippen molar-refractivity contribution >= 4 is 40.7 Å². The fraction of sp³-hybridized carbons (Fsp3) is 0.0417. The fourth-order valence-corrected chi connectivity index (χ4v) is 4.73. The number of carboxylic acids is 1. The van der Waals surface area contributed by atoms with Crippen molar-refractivity contribution in [3.05, 3.63) is 94.0 Å². The Hall–Kier alpha value is -3.11. The number of nitriles is 1. The van der Waals surface area contributed by atoms with Crippen LogP contribution in [0.15, 0.2) is 77.0 Å². The zero-order valence-corrected chi connectivity index (χ0v) is 18.5. The SMILES string of the molecule is N#Cc1c(-c2ccc(C(=O)O)cc2)cc(-c2cccs2)nc1CSc1ccc(Cl)cc1. The molecule has 4 nitrogen and oxygen atoms in total. The molecule has 2 aromatic heterocycles. The molecule has 0 saturated heterocycles. The van der Waals surface area contributed by atoms with Crippen LogP contribution in [0.1, 0.15) is 21.6 Å². The van der Waals surface area contributed by atoms with E-state index in [2.05, 4.69) is 6.07 Å². The Morgan fingerprint density at radius 2 is 1.87 bits per heavy atom. The minimum Gasteiger partial charge on any atom is -0.478 e. The summed E-state index contributed by atoms with van der Waals surface area (Å²) in [6.45, 7) is 0. The zero-order chi connectivity index (χ0) is 21.8. The Balaban J connectivity index is 1.78. The van der Waals surface area contributed by atoms with Crippen LogP contribution in [-0.2, 0) is 5.75 Å². The van der Waals surface area contributed by atoms with Gasteiger partial charge in [0.05, 0.1) is 27.4 Å². The van der Waals surface area contributed by atoms with E-state index < -0.39 is 5.97 Å². The average Bonchev–Trinajstić information content (AvgIpc) is 3.33. The van der Waals surface area contributed by atoms with E-state index in [1.165, 1.54) is 0 Å². The highest BCUT2D eigenvalue weighted by molar-refractivity contribution is 7.98. The van der Waals surface area contributed by atoms with E-state index in [-0.39, 0.29) is 5.56 Å². The number of aromatic nitrogens is 1. The zero-order valence-electron chi connectivity index (χ0n) is 16.1. The Bertz CT molecular complexity index is 1260. The third-order valence-corrected chi connectivity index (χ3v) is 6.78. The summed E-state index contributed by atoms with van der Waals surface area (Å²) in [6, 6.07) is 22.3. The van der Waals surface area contributed by atoms with Gasteiger partial charge in [-0.2, -0.15) is 5.26 Å². The molecule has 4 rings (SSSR count).